The summed E-state index contributed by atoms with van der Waals surface area (Å²) in [5, 5.41) is 9.87. The van der Waals surface area contributed by atoms with E-state index in [-0.39, 0.29) is 12.1 Å². The SMILES string of the molecule is CCCCOC(=N)NC(=O)N(SCC)SCC. The van der Waals surface area contributed by atoms with Crippen molar-refractivity contribution in [3.05, 3.63) is 0 Å². The summed E-state index contributed by atoms with van der Waals surface area (Å²) in [5.41, 5.74) is 0. The first-order valence-corrected chi connectivity index (χ1v) is 7.62. The first kappa shape index (κ1) is 16.4. The van der Waals surface area contributed by atoms with E-state index in [1.54, 1.807) is 0 Å². The molecular weight excluding hydrogens is 258 g/mol. The van der Waals surface area contributed by atoms with E-state index in [0.29, 0.717) is 6.61 Å². The van der Waals surface area contributed by atoms with Gasteiger partial charge in [-0.2, -0.15) is 0 Å². The van der Waals surface area contributed by atoms with E-state index in [1.165, 1.54) is 27.6 Å². The summed E-state index contributed by atoms with van der Waals surface area (Å²) in [6.45, 7) is 6.47. The van der Waals surface area contributed by atoms with Crippen LogP contribution in [-0.4, -0.2) is 33.9 Å². The molecule has 2 N–H and O–H groups in total. The molecule has 0 aliphatic heterocycles. The Morgan fingerprint density at radius 2 is 1.88 bits per heavy atom. The zero-order valence-electron chi connectivity index (χ0n) is 10.6. The van der Waals surface area contributed by atoms with Crippen molar-refractivity contribution >= 4 is 35.9 Å². The third kappa shape index (κ3) is 8.20. The highest BCUT2D eigenvalue weighted by atomic mass is 32.2. The van der Waals surface area contributed by atoms with Gasteiger partial charge in [-0.25, -0.2) is 8.51 Å². The van der Waals surface area contributed by atoms with Gasteiger partial charge in [0.15, 0.2) is 0 Å². The second kappa shape index (κ2) is 10.6. The van der Waals surface area contributed by atoms with E-state index in [1.807, 2.05) is 20.8 Å². The Balaban J connectivity index is 3.97. The Kier molecular flexibility index (Phi) is 10.2. The maximum atomic E-state index is 11.7. The highest BCUT2D eigenvalue weighted by molar-refractivity contribution is 8.12. The second-order valence-electron chi connectivity index (χ2n) is 3.05. The highest BCUT2D eigenvalue weighted by Crippen LogP contribution is 2.20. The summed E-state index contributed by atoms with van der Waals surface area (Å²) in [4.78, 5) is 11.7. The summed E-state index contributed by atoms with van der Waals surface area (Å²) in [6, 6.07) is -0.493. The van der Waals surface area contributed by atoms with E-state index in [9.17, 15) is 4.79 Å². The minimum absolute atomic E-state index is 0.179. The van der Waals surface area contributed by atoms with E-state index in [0.717, 1.165) is 24.3 Å². The molecule has 0 unspecified atom stereocenters. The molecule has 0 saturated heterocycles. The number of hydrogen-bond acceptors (Lipinski definition) is 5. The van der Waals surface area contributed by atoms with E-state index in [4.69, 9.17) is 10.1 Å². The molecule has 0 aliphatic rings. The number of amidine groups is 1. The monoisotopic (exact) mass is 279 g/mol. The molecule has 17 heavy (non-hydrogen) atoms. The number of urea groups is 1. The molecule has 5 nitrogen and oxygen atoms in total. The van der Waals surface area contributed by atoms with Gasteiger partial charge in [-0.15, -0.1) is 0 Å². The van der Waals surface area contributed by atoms with Gasteiger partial charge < -0.3 is 4.74 Å². The first-order chi connectivity index (χ1) is 8.15. The molecule has 0 heterocycles. The Labute approximate surface area is 112 Å². The average Bonchev–Trinajstić information content (AvgIpc) is 2.29. The van der Waals surface area contributed by atoms with Crippen LogP contribution in [0.1, 0.15) is 33.6 Å². The number of nitrogens with one attached hydrogen (secondary N) is 2. The third-order valence-electron chi connectivity index (χ3n) is 1.62. The highest BCUT2D eigenvalue weighted by Gasteiger charge is 2.15. The molecule has 0 aliphatic carbocycles. The lowest BCUT2D eigenvalue weighted by Gasteiger charge is -2.18. The van der Waals surface area contributed by atoms with Crippen molar-refractivity contribution in [2.75, 3.05) is 18.1 Å². The van der Waals surface area contributed by atoms with Crippen LogP contribution in [0.3, 0.4) is 0 Å². The smallest absolute Gasteiger partial charge is 0.345 e. The van der Waals surface area contributed by atoms with Crippen LogP contribution < -0.4 is 5.32 Å². The zero-order valence-corrected chi connectivity index (χ0v) is 12.2. The number of carbonyl (C=O) groups is 1. The normalized spacial score (nSPS) is 9.82. The Morgan fingerprint density at radius 3 is 2.35 bits per heavy atom. The molecule has 2 amide bonds. The van der Waals surface area contributed by atoms with Crippen LogP contribution in [0.2, 0.25) is 0 Å². The van der Waals surface area contributed by atoms with Crippen LogP contribution >= 0.6 is 23.9 Å². The van der Waals surface area contributed by atoms with Crippen LogP contribution in [0.25, 0.3) is 0 Å². The molecule has 100 valence electrons. The Bertz CT molecular complexity index is 234. The Morgan fingerprint density at radius 1 is 1.29 bits per heavy atom. The van der Waals surface area contributed by atoms with Crippen molar-refractivity contribution in [3.63, 3.8) is 0 Å². The predicted molar refractivity (Wildman–Crippen MR) is 75.2 cm³/mol. The summed E-state index contributed by atoms with van der Waals surface area (Å²) in [7, 11) is 0. The molecular formula is C10H21N3O2S2. The fraction of sp³-hybridized carbons (Fsp3) is 0.800. The lowest BCUT2D eigenvalue weighted by atomic mass is 10.4. The fourth-order valence-electron chi connectivity index (χ4n) is 0.886. The maximum Gasteiger partial charge on any atom is 0.345 e. The first-order valence-electron chi connectivity index (χ1n) is 5.73. The van der Waals surface area contributed by atoms with Crippen molar-refractivity contribution in [1.82, 2.24) is 9.03 Å². The number of amides is 2. The molecule has 0 aromatic carbocycles. The third-order valence-corrected chi connectivity index (χ3v) is 3.57. The molecule has 0 bridgehead atoms. The molecule has 7 heteroatoms. The van der Waals surface area contributed by atoms with E-state index in [2.05, 4.69) is 5.32 Å². The van der Waals surface area contributed by atoms with Gasteiger partial charge in [-0.05, 0) is 30.3 Å². The van der Waals surface area contributed by atoms with Gasteiger partial charge in [-0.1, -0.05) is 27.2 Å². The zero-order chi connectivity index (χ0) is 13.1. The lowest BCUT2D eigenvalue weighted by molar-refractivity contribution is 0.235. The standard InChI is InChI=1S/C10H21N3O2S2/c1-4-7-8-15-9(11)12-10(14)13(16-5-2)17-6-3/h4-8H2,1-3H3,(H2,11,12,14). The van der Waals surface area contributed by atoms with Crippen molar-refractivity contribution in [3.8, 4) is 0 Å². The quantitative estimate of drug-likeness (QED) is 0.325. The van der Waals surface area contributed by atoms with Crippen LogP contribution in [0.5, 0.6) is 0 Å². The summed E-state index contributed by atoms with van der Waals surface area (Å²) in [5.74, 6) is 1.62. The van der Waals surface area contributed by atoms with Crippen molar-refractivity contribution in [2.45, 2.75) is 33.6 Å². The van der Waals surface area contributed by atoms with Gasteiger partial charge in [0.25, 0.3) is 6.02 Å². The summed E-state index contributed by atoms with van der Waals surface area (Å²) < 4.78 is 6.61. The number of rotatable bonds is 7. The average molecular weight is 279 g/mol. The molecule has 0 radical (unpaired) electrons. The van der Waals surface area contributed by atoms with Gasteiger partial charge in [0.2, 0.25) is 0 Å². The number of nitrogens with zero attached hydrogens (tertiary/aromatic N) is 1. The molecule has 0 aromatic heterocycles. The topological polar surface area (TPSA) is 65.4 Å². The lowest BCUT2D eigenvalue weighted by Crippen LogP contribution is -2.37. The van der Waals surface area contributed by atoms with Crippen molar-refractivity contribution in [1.29, 1.82) is 5.41 Å². The summed E-state index contributed by atoms with van der Waals surface area (Å²) >= 11 is 2.82. The van der Waals surface area contributed by atoms with Gasteiger partial charge in [0.05, 0.1) is 6.61 Å². The predicted octanol–water partition coefficient (Wildman–Crippen LogP) is 3.09. The molecule has 0 atom stereocenters. The van der Waals surface area contributed by atoms with Crippen molar-refractivity contribution in [2.24, 2.45) is 0 Å². The van der Waals surface area contributed by atoms with Crippen LogP contribution in [0.4, 0.5) is 4.79 Å². The molecule has 0 fully saturated rings. The number of hydrogen-bond donors (Lipinski definition) is 2. The van der Waals surface area contributed by atoms with Crippen LogP contribution in [0, 0.1) is 5.41 Å². The molecule has 0 saturated carbocycles. The minimum atomic E-state index is -0.315. The van der Waals surface area contributed by atoms with Gasteiger partial charge in [0, 0.05) is 11.5 Å². The Hall–Kier alpha value is -0.560. The molecule has 0 aromatic rings. The van der Waals surface area contributed by atoms with Crippen molar-refractivity contribution < 1.29 is 9.53 Å². The number of unbranched alkanes of at least 4 members (excludes halogenated alkanes) is 1. The van der Waals surface area contributed by atoms with E-state index < -0.39 is 0 Å². The van der Waals surface area contributed by atoms with Gasteiger partial charge in [-0.3, -0.25) is 10.7 Å². The number of carbonyl (C=O) groups excluding carboxylic acids is 1. The molecule has 0 rings (SSSR count). The largest absolute Gasteiger partial charge is 0.465 e. The van der Waals surface area contributed by atoms with Crippen LogP contribution in [-0.2, 0) is 4.74 Å². The summed E-state index contributed by atoms with van der Waals surface area (Å²) in [6.07, 6.45) is 1.89. The number of ether oxygens (including phenoxy) is 1. The molecule has 0 spiro atoms. The fourth-order valence-corrected chi connectivity index (χ4v) is 2.61. The van der Waals surface area contributed by atoms with Gasteiger partial charge >= 0.3 is 6.03 Å². The maximum absolute atomic E-state index is 11.7. The minimum Gasteiger partial charge on any atom is -0.465 e. The second-order valence-corrected chi connectivity index (χ2v) is 5.69. The van der Waals surface area contributed by atoms with Crippen LogP contribution in [0.15, 0.2) is 0 Å². The van der Waals surface area contributed by atoms with Gasteiger partial charge in [0.1, 0.15) is 0 Å². The van der Waals surface area contributed by atoms with E-state index >= 15 is 0 Å².